The second-order valence-corrected chi connectivity index (χ2v) is 5.18. The highest BCUT2D eigenvalue weighted by molar-refractivity contribution is 5.88. The summed E-state index contributed by atoms with van der Waals surface area (Å²) in [4.78, 5) is 23.4. The molecule has 1 aliphatic carbocycles. The van der Waals surface area contributed by atoms with Crippen LogP contribution in [0, 0.1) is 11.8 Å². The number of aryl methyl sites for hydroxylation is 1. The van der Waals surface area contributed by atoms with Gasteiger partial charge in [0.25, 0.3) is 0 Å². The minimum atomic E-state index is -0.276. The number of benzene rings is 1. The molecule has 0 saturated heterocycles. The summed E-state index contributed by atoms with van der Waals surface area (Å²) in [6.07, 6.45) is 3.81. The average molecular weight is 260 g/mol. The topological polar surface area (TPSA) is 43.4 Å². The Bertz CT molecular complexity index is 439. The van der Waals surface area contributed by atoms with E-state index in [0.717, 1.165) is 25.7 Å². The lowest BCUT2D eigenvalue weighted by molar-refractivity contribution is -0.143. The van der Waals surface area contributed by atoms with Gasteiger partial charge in [0, 0.05) is 11.8 Å². The molecule has 0 amide bonds. The molecule has 0 bridgehead atoms. The molecule has 1 aromatic rings. The molecule has 0 spiro atoms. The van der Waals surface area contributed by atoms with Crippen molar-refractivity contribution in [3.05, 3.63) is 35.9 Å². The van der Waals surface area contributed by atoms with Gasteiger partial charge in [0.05, 0.1) is 13.5 Å². The first-order valence-corrected chi connectivity index (χ1v) is 6.85. The molecule has 1 saturated carbocycles. The Kier molecular flexibility index (Phi) is 4.72. The number of esters is 1. The molecule has 0 N–H and O–H groups in total. The fraction of sp³-hybridized carbons (Fsp3) is 0.500. The van der Waals surface area contributed by atoms with Crippen molar-refractivity contribution in [2.45, 2.75) is 32.1 Å². The lowest BCUT2D eigenvalue weighted by Crippen LogP contribution is -2.18. The van der Waals surface area contributed by atoms with Crippen LogP contribution in [-0.2, 0) is 20.7 Å². The zero-order chi connectivity index (χ0) is 13.7. The first-order valence-electron chi connectivity index (χ1n) is 6.85. The van der Waals surface area contributed by atoms with Gasteiger partial charge in [0.15, 0.2) is 0 Å². The molecule has 0 radical (unpaired) electrons. The van der Waals surface area contributed by atoms with Gasteiger partial charge in [-0.3, -0.25) is 9.59 Å². The van der Waals surface area contributed by atoms with Gasteiger partial charge in [-0.1, -0.05) is 30.3 Å². The summed E-state index contributed by atoms with van der Waals surface area (Å²) in [6.45, 7) is 0. The van der Waals surface area contributed by atoms with E-state index in [4.69, 9.17) is 0 Å². The maximum absolute atomic E-state index is 12.2. The number of rotatable bonds is 5. The second kappa shape index (κ2) is 6.50. The number of carbonyl (C=O) groups excluding carboxylic acids is 2. The molecule has 1 aliphatic rings. The van der Waals surface area contributed by atoms with Crippen molar-refractivity contribution in [1.82, 2.24) is 0 Å². The van der Waals surface area contributed by atoms with E-state index in [1.165, 1.54) is 12.7 Å². The summed E-state index contributed by atoms with van der Waals surface area (Å²) >= 11 is 0. The van der Waals surface area contributed by atoms with Crippen LogP contribution in [0.25, 0.3) is 0 Å². The highest BCUT2D eigenvalue weighted by atomic mass is 16.5. The van der Waals surface area contributed by atoms with Crippen molar-refractivity contribution in [2.24, 2.45) is 11.8 Å². The number of ketones is 1. The first-order chi connectivity index (χ1) is 9.20. The SMILES string of the molecule is COC(=O)CC1CCC(CCc2ccccc2)C1=O. The normalized spacial score (nSPS) is 22.5. The summed E-state index contributed by atoms with van der Waals surface area (Å²) < 4.78 is 4.63. The molecule has 0 aliphatic heterocycles. The summed E-state index contributed by atoms with van der Waals surface area (Å²) in [6, 6.07) is 10.2. The van der Waals surface area contributed by atoms with Gasteiger partial charge in [0.1, 0.15) is 5.78 Å². The molecular weight excluding hydrogens is 240 g/mol. The van der Waals surface area contributed by atoms with Gasteiger partial charge in [-0.25, -0.2) is 0 Å². The Labute approximate surface area is 114 Å². The van der Waals surface area contributed by atoms with Crippen LogP contribution in [0.2, 0.25) is 0 Å². The summed E-state index contributed by atoms with van der Waals surface area (Å²) in [5.41, 5.74) is 1.27. The summed E-state index contributed by atoms with van der Waals surface area (Å²) in [5, 5.41) is 0. The van der Waals surface area contributed by atoms with Crippen molar-refractivity contribution >= 4 is 11.8 Å². The Balaban J connectivity index is 1.83. The Hall–Kier alpha value is -1.64. The van der Waals surface area contributed by atoms with Crippen molar-refractivity contribution in [1.29, 1.82) is 0 Å². The molecule has 0 heterocycles. The Morgan fingerprint density at radius 3 is 2.58 bits per heavy atom. The highest BCUT2D eigenvalue weighted by Gasteiger charge is 2.34. The van der Waals surface area contributed by atoms with Gasteiger partial charge >= 0.3 is 5.97 Å². The minimum absolute atomic E-state index is 0.117. The number of Topliss-reactive ketones (excluding diaryl/α,β-unsaturated/α-hetero) is 1. The molecule has 1 fully saturated rings. The molecule has 19 heavy (non-hydrogen) atoms. The van der Waals surface area contributed by atoms with E-state index in [0.29, 0.717) is 0 Å². The molecule has 3 heteroatoms. The lowest BCUT2D eigenvalue weighted by Gasteiger charge is -2.10. The van der Waals surface area contributed by atoms with E-state index in [9.17, 15) is 9.59 Å². The number of hydrogen-bond acceptors (Lipinski definition) is 3. The zero-order valence-electron chi connectivity index (χ0n) is 11.3. The lowest BCUT2D eigenvalue weighted by atomic mass is 9.94. The van der Waals surface area contributed by atoms with Gasteiger partial charge in [-0.2, -0.15) is 0 Å². The molecule has 102 valence electrons. The van der Waals surface area contributed by atoms with E-state index in [1.807, 2.05) is 18.2 Å². The number of hydrogen-bond donors (Lipinski definition) is 0. The molecule has 3 nitrogen and oxygen atoms in total. The first kappa shape index (κ1) is 13.8. The molecule has 0 aromatic heterocycles. The molecule has 2 atom stereocenters. The summed E-state index contributed by atoms with van der Waals surface area (Å²) in [5.74, 6) is -0.0218. The third kappa shape index (κ3) is 3.66. The van der Waals surface area contributed by atoms with Crippen LogP contribution >= 0.6 is 0 Å². The van der Waals surface area contributed by atoms with E-state index in [2.05, 4.69) is 16.9 Å². The maximum atomic E-state index is 12.2. The summed E-state index contributed by atoms with van der Waals surface area (Å²) in [7, 11) is 1.37. The van der Waals surface area contributed by atoms with E-state index >= 15 is 0 Å². The van der Waals surface area contributed by atoms with Crippen LogP contribution in [0.3, 0.4) is 0 Å². The zero-order valence-corrected chi connectivity index (χ0v) is 11.3. The highest BCUT2D eigenvalue weighted by Crippen LogP contribution is 2.32. The van der Waals surface area contributed by atoms with Crippen LogP contribution < -0.4 is 0 Å². The molecular formula is C16H20O3. The number of methoxy groups -OCH3 is 1. The molecule has 1 aromatic carbocycles. The van der Waals surface area contributed by atoms with Gasteiger partial charge in [-0.15, -0.1) is 0 Å². The van der Waals surface area contributed by atoms with Crippen molar-refractivity contribution in [3.63, 3.8) is 0 Å². The Morgan fingerprint density at radius 1 is 1.21 bits per heavy atom. The quantitative estimate of drug-likeness (QED) is 0.765. The second-order valence-electron chi connectivity index (χ2n) is 5.18. The average Bonchev–Trinajstić information content (AvgIpc) is 2.78. The van der Waals surface area contributed by atoms with Crippen LogP contribution in [0.15, 0.2) is 30.3 Å². The minimum Gasteiger partial charge on any atom is -0.469 e. The van der Waals surface area contributed by atoms with Crippen molar-refractivity contribution in [3.8, 4) is 0 Å². The van der Waals surface area contributed by atoms with Crippen LogP contribution in [0.5, 0.6) is 0 Å². The van der Waals surface area contributed by atoms with Gasteiger partial charge < -0.3 is 4.74 Å². The van der Waals surface area contributed by atoms with Crippen molar-refractivity contribution < 1.29 is 14.3 Å². The van der Waals surface area contributed by atoms with E-state index in [1.54, 1.807) is 0 Å². The largest absolute Gasteiger partial charge is 0.469 e. The molecule has 2 unspecified atom stereocenters. The third-order valence-electron chi connectivity index (χ3n) is 3.93. The van der Waals surface area contributed by atoms with Gasteiger partial charge in [-0.05, 0) is 31.2 Å². The number of ether oxygens (including phenoxy) is 1. The fourth-order valence-electron chi connectivity index (χ4n) is 2.78. The van der Waals surface area contributed by atoms with Crippen LogP contribution in [-0.4, -0.2) is 18.9 Å². The molecule has 2 rings (SSSR count). The maximum Gasteiger partial charge on any atom is 0.306 e. The van der Waals surface area contributed by atoms with E-state index < -0.39 is 0 Å². The third-order valence-corrected chi connectivity index (χ3v) is 3.93. The van der Waals surface area contributed by atoms with E-state index in [-0.39, 0.29) is 30.0 Å². The predicted molar refractivity (Wildman–Crippen MR) is 72.6 cm³/mol. The monoisotopic (exact) mass is 260 g/mol. The standard InChI is InChI=1S/C16H20O3/c1-19-15(17)11-14-10-9-13(16(14)18)8-7-12-5-3-2-4-6-12/h2-6,13-14H,7-11H2,1H3. The van der Waals surface area contributed by atoms with Crippen LogP contribution in [0.1, 0.15) is 31.2 Å². The van der Waals surface area contributed by atoms with Crippen LogP contribution in [0.4, 0.5) is 0 Å². The Morgan fingerprint density at radius 2 is 1.89 bits per heavy atom. The predicted octanol–water partition coefficient (Wildman–Crippen LogP) is 2.78. The number of carbonyl (C=O) groups is 2. The van der Waals surface area contributed by atoms with Crippen molar-refractivity contribution in [2.75, 3.05) is 7.11 Å². The van der Waals surface area contributed by atoms with Gasteiger partial charge in [0.2, 0.25) is 0 Å². The fourth-order valence-corrected chi connectivity index (χ4v) is 2.78. The smallest absolute Gasteiger partial charge is 0.306 e.